The molecule has 1 N–H and O–H groups in total. The van der Waals surface area contributed by atoms with Gasteiger partial charge in [-0.25, -0.2) is 0 Å². The van der Waals surface area contributed by atoms with Crippen molar-refractivity contribution in [2.75, 3.05) is 6.54 Å². The van der Waals surface area contributed by atoms with E-state index < -0.39 is 0 Å². The Morgan fingerprint density at radius 1 is 1.18 bits per heavy atom. The summed E-state index contributed by atoms with van der Waals surface area (Å²) in [7, 11) is 0. The molecule has 0 saturated carbocycles. The van der Waals surface area contributed by atoms with Crippen LogP contribution in [0.25, 0.3) is 0 Å². The quantitative estimate of drug-likeness (QED) is 0.777. The average molecular weight is 254 g/mol. The first-order valence-electron chi connectivity index (χ1n) is 6.55. The molecule has 2 unspecified atom stereocenters. The summed E-state index contributed by atoms with van der Waals surface area (Å²) in [5, 5.41) is 4.49. The minimum Gasteiger partial charge on any atom is -0.310 e. The molecule has 0 aromatic heterocycles. The monoisotopic (exact) mass is 253 g/mol. The number of benzene rings is 1. The van der Waals surface area contributed by atoms with Crippen LogP contribution in [0, 0.1) is 11.8 Å². The van der Waals surface area contributed by atoms with Crippen LogP contribution in [0.1, 0.15) is 45.7 Å². The highest BCUT2D eigenvalue weighted by molar-refractivity contribution is 6.31. The molecule has 0 heterocycles. The molecule has 0 amide bonds. The summed E-state index contributed by atoms with van der Waals surface area (Å²) in [6.07, 6.45) is 1.14. The summed E-state index contributed by atoms with van der Waals surface area (Å²) in [5.41, 5.74) is 1.23. The number of hydrogen-bond donors (Lipinski definition) is 1. The Balaban J connectivity index is 2.93. The Hall–Kier alpha value is -0.530. The Kier molecular flexibility index (Phi) is 6.01. The van der Waals surface area contributed by atoms with Crippen molar-refractivity contribution in [2.45, 2.75) is 40.2 Å². The first-order valence-corrected chi connectivity index (χ1v) is 6.93. The van der Waals surface area contributed by atoms with E-state index in [0.29, 0.717) is 17.9 Å². The molecule has 0 aliphatic carbocycles. The van der Waals surface area contributed by atoms with Gasteiger partial charge in [0.2, 0.25) is 0 Å². The van der Waals surface area contributed by atoms with Crippen molar-refractivity contribution in [3.8, 4) is 0 Å². The molecule has 0 aliphatic heterocycles. The van der Waals surface area contributed by atoms with Gasteiger partial charge in [0.25, 0.3) is 0 Å². The molecule has 1 nitrogen and oxygen atoms in total. The summed E-state index contributed by atoms with van der Waals surface area (Å²) >= 11 is 6.31. The van der Waals surface area contributed by atoms with E-state index in [9.17, 15) is 0 Å². The lowest BCUT2D eigenvalue weighted by Crippen LogP contribution is -2.30. The van der Waals surface area contributed by atoms with Crippen molar-refractivity contribution in [3.63, 3.8) is 0 Å². The molecule has 0 spiro atoms. The third-order valence-corrected chi connectivity index (χ3v) is 3.78. The third-order valence-electron chi connectivity index (χ3n) is 3.43. The zero-order valence-corrected chi connectivity index (χ0v) is 12.1. The highest BCUT2D eigenvalue weighted by Gasteiger charge is 2.22. The van der Waals surface area contributed by atoms with Crippen molar-refractivity contribution in [1.82, 2.24) is 5.32 Å². The smallest absolute Gasteiger partial charge is 0.0453 e. The van der Waals surface area contributed by atoms with Crippen molar-refractivity contribution >= 4 is 11.6 Å². The van der Waals surface area contributed by atoms with Gasteiger partial charge in [0, 0.05) is 11.1 Å². The van der Waals surface area contributed by atoms with Crippen LogP contribution in [0.3, 0.4) is 0 Å². The molecule has 17 heavy (non-hydrogen) atoms. The predicted molar refractivity (Wildman–Crippen MR) is 76.5 cm³/mol. The summed E-state index contributed by atoms with van der Waals surface area (Å²) in [6.45, 7) is 10.1. The van der Waals surface area contributed by atoms with E-state index in [1.165, 1.54) is 5.56 Å². The second-order valence-corrected chi connectivity index (χ2v) is 5.46. The second-order valence-electron chi connectivity index (χ2n) is 5.06. The van der Waals surface area contributed by atoms with Crippen molar-refractivity contribution in [2.24, 2.45) is 11.8 Å². The average Bonchev–Trinajstić information content (AvgIpc) is 2.31. The van der Waals surface area contributed by atoms with Crippen LogP contribution < -0.4 is 5.32 Å². The van der Waals surface area contributed by atoms with Crippen LogP contribution in [0.4, 0.5) is 0 Å². The van der Waals surface area contributed by atoms with Crippen molar-refractivity contribution < 1.29 is 0 Å². The maximum atomic E-state index is 6.31. The molecule has 0 bridgehead atoms. The number of hydrogen-bond acceptors (Lipinski definition) is 1. The molecule has 0 fully saturated rings. The van der Waals surface area contributed by atoms with Gasteiger partial charge in [-0.1, -0.05) is 57.5 Å². The summed E-state index contributed by atoms with van der Waals surface area (Å²) < 4.78 is 0. The van der Waals surface area contributed by atoms with Gasteiger partial charge in [0.05, 0.1) is 0 Å². The Bertz CT molecular complexity index is 335. The van der Waals surface area contributed by atoms with Gasteiger partial charge in [-0.05, 0) is 36.4 Å². The predicted octanol–water partition coefficient (Wildman–Crippen LogP) is 4.67. The van der Waals surface area contributed by atoms with Crippen LogP contribution in [0.5, 0.6) is 0 Å². The van der Waals surface area contributed by atoms with E-state index in [4.69, 9.17) is 11.6 Å². The van der Waals surface area contributed by atoms with E-state index in [-0.39, 0.29) is 0 Å². The molecule has 0 aliphatic rings. The minimum atomic E-state index is 0.351. The fourth-order valence-electron chi connectivity index (χ4n) is 1.99. The van der Waals surface area contributed by atoms with Crippen LogP contribution in [-0.4, -0.2) is 6.54 Å². The standard InChI is InChI=1S/C15H24ClN/c1-5-10-17-15(12(4)11(2)3)13-8-6-7-9-14(13)16/h6-9,11-12,15,17H,5,10H2,1-4H3. The largest absolute Gasteiger partial charge is 0.310 e. The molecule has 0 radical (unpaired) electrons. The number of rotatable bonds is 6. The van der Waals surface area contributed by atoms with Crippen LogP contribution in [0.15, 0.2) is 24.3 Å². The molecule has 96 valence electrons. The van der Waals surface area contributed by atoms with E-state index in [0.717, 1.165) is 18.0 Å². The van der Waals surface area contributed by atoms with Gasteiger partial charge in [-0.2, -0.15) is 0 Å². The van der Waals surface area contributed by atoms with E-state index in [1.807, 2.05) is 12.1 Å². The second kappa shape index (κ2) is 7.03. The van der Waals surface area contributed by atoms with Gasteiger partial charge in [-0.15, -0.1) is 0 Å². The highest BCUT2D eigenvalue weighted by atomic mass is 35.5. The van der Waals surface area contributed by atoms with Gasteiger partial charge in [0.1, 0.15) is 0 Å². The van der Waals surface area contributed by atoms with Gasteiger partial charge >= 0.3 is 0 Å². The molecule has 1 aromatic rings. The van der Waals surface area contributed by atoms with E-state index in [2.05, 4.69) is 45.1 Å². The summed E-state index contributed by atoms with van der Waals surface area (Å²) in [6, 6.07) is 8.51. The van der Waals surface area contributed by atoms with Gasteiger partial charge in [0.15, 0.2) is 0 Å². The lowest BCUT2D eigenvalue weighted by molar-refractivity contribution is 0.304. The normalized spacial score (nSPS) is 14.9. The zero-order valence-electron chi connectivity index (χ0n) is 11.3. The summed E-state index contributed by atoms with van der Waals surface area (Å²) in [4.78, 5) is 0. The van der Waals surface area contributed by atoms with Crippen LogP contribution in [0.2, 0.25) is 5.02 Å². The molecule has 2 heteroatoms. The third kappa shape index (κ3) is 4.01. The van der Waals surface area contributed by atoms with E-state index >= 15 is 0 Å². The molecule has 1 aromatic carbocycles. The fourth-order valence-corrected chi connectivity index (χ4v) is 2.24. The maximum Gasteiger partial charge on any atom is 0.0453 e. The van der Waals surface area contributed by atoms with Crippen molar-refractivity contribution in [1.29, 1.82) is 0 Å². The Labute approximate surface area is 111 Å². The van der Waals surface area contributed by atoms with Crippen LogP contribution >= 0.6 is 11.6 Å². The lowest BCUT2D eigenvalue weighted by Gasteiger charge is -2.29. The SMILES string of the molecule is CCCNC(c1ccccc1Cl)C(C)C(C)C. The number of nitrogens with one attached hydrogen (secondary N) is 1. The fraction of sp³-hybridized carbons (Fsp3) is 0.600. The molecule has 0 saturated heterocycles. The zero-order chi connectivity index (χ0) is 12.8. The number of halogens is 1. The Morgan fingerprint density at radius 2 is 1.82 bits per heavy atom. The Morgan fingerprint density at radius 3 is 2.35 bits per heavy atom. The van der Waals surface area contributed by atoms with Gasteiger partial charge < -0.3 is 5.32 Å². The highest BCUT2D eigenvalue weighted by Crippen LogP contribution is 2.31. The first kappa shape index (κ1) is 14.5. The van der Waals surface area contributed by atoms with Gasteiger partial charge in [-0.3, -0.25) is 0 Å². The summed E-state index contributed by atoms with van der Waals surface area (Å²) in [5.74, 6) is 1.21. The minimum absolute atomic E-state index is 0.351. The van der Waals surface area contributed by atoms with Crippen LogP contribution in [-0.2, 0) is 0 Å². The maximum absolute atomic E-state index is 6.31. The van der Waals surface area contributed by atoms with E-state index in [1.54, 1.807) is 0 Å². The van der Waals surface area contributed by atoms with Crippen molar-refractivity contribution in [3.05, 3.63) is 34.9 Å². The molecule has 2 atom stereocenters. The lowest BCUT2D eigenvalue weighted by atomic mass is 9.86. The molecular formula is C15H24ClN. The molecular weight excluding hydrogens is 230 g/mol. The first-order chi connectivity index (χ1) is 8.07. The topological polar surface area (TPSA) is 12.0 Å². The molecule has 1 rings (SSSR count).